The molecule has 0 spiro atoms. The van der Waals surface area contributed by atoms with Gasteiger partial charge in [0, 0.05) is 42.7 Å². The van der Waals surface area contributed by atoms with E-state index in [0.29, 0.717) is 17.2 Å². The summed E-state index contributed by atoms with van der Waals surface area (Å²) in [7, 11) is 1.95. The molecular formula is C32H25N5OPt. The molecule has 0 aliphatic heterocycles. The summed E-state index contributed by atoms with van der Waals surface area (Å²) in [5.41, 5.74) is 4.13. The van der Waals surface area contributed by atoms with Crippen LogP contribution in [0.15, 0.2) is 79.3 Å². The standard InChI is InChI=1S/C32H25N5O.Pt/c1-32(2,3)22-14-15-34-29(19-22)37-28-20-24(12-13-25(28)26-10-7-11-27(33-4)30(26)37)38-23-9-6-8-21(18-23)31-35-16-17-36(31)5;/h6-17,19H,1-3,5H3;/q-2;+2. The molecule has 39 heavy (non-hydrogen) atoms. The summed E-state index contributed by atoms with van der Waals surface area (Å²) in [6.45, 7) is 14.4. The predicted molar refractivity (Wildman–Crippen MR) is 150 cm³/mol. The zero-order valence-corrected chi connectivity index (χ0v) is 24.2. The molecule has 7 heteroatoms. The first-order chi connectivity index (χ1) is 18.3. The second-order valence-electron chi connectivity index (χ2n) is 10.3. The Hall–Kier alpha value is -4.20. The van der Waals surface area contributed by atoms with Gasteiger partial charge in [0.15, 0.2) is 0 Å². The minimum atomic E-state index is -0.0505. The van der Waals surface area contributed by atoms with Crippen molar-refractivity contribution in [3.63, 3.8) is 0 Å². The first-order valence-electron chi connectivity index (χ1n) is 12.4. The third kappa shape index (κ3) is 4.75. The fraction of sp³-hybridized carbons (Fsp3) is 0.156. The van der Waals surface area contributed by atoms with Gasteiger partial charge in [-0.15, -0.1) is 41.3 Å². The summed E-state index contributed by atoms with van der Waals surface area (Å²) in [6, 6.07) is 26.4. The summed E-state index contributed by atoms with van der Waals surface area (Å²) < 4.78 is 10.2. The number of ether oxygens (including phenoxy) is 1. The number of pyridine rings is 1. The molecule has 6 rings (SSSR count). The van der Waals surface area contributed by atoms with Crippen LogP contribution in [0.3, 0.4) is 0 Å². The van der Waals surface area contributed by atoms with Gasteiger partial charge in [-0.1, -0.05) is 55.9 Å². The molecule has 0 bridgehead atoms. The van der Waals surface area contributed by atoms with E-state index in [9.17, 15) is 0 Å². The van der Waals surface area contributed by atoms with E-state index in [2.05, 4.69) is 48.8 Å². The molecule has 3 aromatic carbocycles. The molecule has 0 N–H and O–H groups in total. The average Bonchev–Trinajstić information content (AvgIpc) is 3.49. The zero-order valence-electron chi connectivity index (χ0n) is 22.0. The number of nitrogens with zero attached hydrogens (tertiary/aromatic N) is 5. The summed E-state index contributed by atoms with van der Waals surface area (Å²) in [5, 5.41) is 1.95. The SMILES string of the molecule is [C-]#[N+]c1cccc2c3ccc(Oc4[c-]c(-c5nccn5C)ccc4)[c-]c3n(-c3cc(C(C)(C)C)ccn3)c12.[Pt+2]. The van der Waals surface area contributed by atoms with E-state index in [-0.39, 0.29) is 26.5 Å². The summed E-state index contributed by atoms with van der Waals surface area (Å²) in [4.78, 5) is 13.0. The van der Waals surface area contributed by atoms with E-state index in [1.165, 1.54) is 0 Å². The number of fused-ring (bicyclic) bond motifs is 3. The van der Waals surface area contributed by atoms with Gasteiger partial charge in [0.05, 0.1) is 12.4 Å². The van der Waals surface area contributed by atoms with Crippen molar-refractivity contribution < 1.29 is 25.8 Å². The molecule has 0 aliphatic carbocycles. The first kappa shape index (κ1) is 26.4. The Morgan fingerprint density at radius 1 is 0.897 bits per heavy atom. The topological polar surface area (TPSA) is 49.2 Å². The van der Waals surface area contributed by atoms with Crippen molar-refractivity contribution in [3.8, 4) is 28.7 Å². The van der Waals surface area contributed by atoms with Crippen LogP contribution in [-0.2, 0) is 33.5 Å². The van der Waals surface area contributed by atoms with Gasteiger partial charge in [-0.2, -0.15) is 6.07 Å². The number of hydrogen-bond donors (Lipinski definition) is 0. The van der Waals surface area contributed by atoms with E-state index in [4.69, 9.17) is 16.3 Å². The summed E-state index contributed by atoms with van der Waals surface area (Å²) in [5.74, 6) is 2.67. The normalized spacial score (nSPS) is 11.4. The van der Waals surface area contributed by atoms with Crippen LogP contribution < -0.4 is 4.74 Å². The van der Waals surface area contributed by atoms with Gasteiger partial charge in [-0.05, 0) is 23.1 Å². The van der Waals surface area contributed by atoms with Crippen molar-refractivity contribution in [1.29, 1.82) is 0 Å². The molecule has 0 saturated heterocycles. The van der Waals surface area contributed by atoms with Crippen molar-refractivity contribution >= 4 is 27.5 Å². The second kappa shape index (κ2) is 10.2. The molecule has 0 unspecified atom stereocenters. The molecule has 0 fully saturated rings. The monoisotopic (exact) mass is 690 g/mol. The van der Waals surface area contributed by atoms with E-state index in [1.807, 2.05) is 83.2 Å². The molecule has 0 saturated carbocycles. The van der Waals surface area contributed by atoms with Gasteiger partial charge < -0.3 is 13.9 Å². The smallest absolute Gasteiger partial charge is 0.503 e. The van der Waals surface area contributed by atoms with Gasteiger partial charge in [0.1, 0.15) is 5.82 Å². The van der Waals surface area contributed by atoms with Crippen LogP contribution in [0, 0.1) is 18.7 Å². The Bertz CT molecular complexity index is 1870. The number of aromatic nitrogens is 4. The van der Waals surface area contributed by atoms with Crippen molar-refractivity contribution in [2.75, 3.05) is 0 Å². The molecular weight excluding hydrogens is 665 g/mol. The van der Waals surface area contributed by atoms with Gasteiger partial charge >= 0.3 is 21.1 Å². The molecule has 0 aliphatic rings. The predicted octanol–water partition coefficient (Wildman–Crippen LogP) is 7.82. The largest absolute Gasteiger partial charge is 2.00 e. The number of benzene rings is 3. The Morgan fingerprint density at radius 2 is 1.69 bits per heavy atom. The third-order valence-corrected chi connectivity index (χ3v) is 6.66. The minimum Gasteiger partial charge on any atom is -0.503 e. The van der Waals surface area contributed by atoms with E-state index >= 15 is 0 Å². The Labute approximate surface area is 242 Å². The van der Waals surface area contributed by atoms with Crippen molar-refractivity contribution in [1.82, 2.24) is 19.1 Å². The van der Waals surface area contributed by atoms with E-state index < -0.39 is 0 Å². The second-order valence-corrected chi connectivity index (χ2v) is 10.3. The van der Waals surface area contributed by atoms with Gasteiger partial charge in [0.2, 0.25) is 5.69 Å². The zero-order chi connectivity index (χ0) is 26.4. The Morgan fingerprint density at radius 3 is 2.44 bits per heavy atom. The maximum absolute atomic E-state index is 7.83. The van der Waals surface area contributed by atoms with Crippen LogP contribution in [0.1, 0.15) is 26.3 Å². The van der Waals surface area contributed by atoms with Crippen molar-refractivity contribution in [2.24, 2.45) is 7.05 Å². The quantitative estimate of drug-likeness (QED) is 0.177. The number of para-hydroxylation sites is 1. The number of imidazole rings is 1. The van der Waals surface area contributed by atoms with E-state index in [1.54, 1.807) is 6.20 Å². The van der Waals surface area contributed by atoms with Crippen LogP contribution in [0.4, 0.5) is 5.69 Å². The van der Waals surface area contributed by atoms with Crippen LogP contribution in [-0.4, -0.2) is 19.1 Å². The number of aryl methyl sites for hydroxylation is 1. The number of hydrogen-bond acceptors (Lipinski definition) is 3. The molecule has 0 radical (unpaired) electrons. The van der Waals surface area contributed by atoms with Crippen LogP contribution >= 0.6 is 0 Å². The first-order valence-corrected chi connectivity index (χ1v) is 12.4. The van der Waals surface area contributed by atoms with Crippen LogP contribution in [0.5, 0.6) is 11.5 Å². The van der Waals surface area contributed by atoms with Crippen LogP contribution in [0.25, 0.3) is 43.9 Å². The Kier molecular flexibility index (Phi) is 6.88. The number of rotatable bonds is 4. The molecule has 3 heterocycles. The van der Waals surface area contributed by atoms with Crippen molar-refractivity contribution in [2.45, 2.75) is 26.2 Å². The molecule has 0 amide bonds. The molecule has 6 nitrogen and oxygen atoms in total. The van der Waals surface area contributed by atoms with Gasteiger partial charge in [0.25, 0.3) is 0 Å². The Balaban J connectivity index is 0.00000308. The van der Waals surface area contributed by atoms with Crippen molar-refractivity contribution in [3.05, 3.63) is 108 Å². The molecule has 3 aromatic heterocycles. The van der Waals surface area contributed by atoms with Gasteiger partial charge in [-0.3, -0.25) is 4.98 Å². The maximum Gasteiger partial charge on any atom is 2.00 e. The summed E-state index contributed by atoms with van der Waals surface area (Å²) in [6.07, 6.45) is 5.49. The van der Waals surface area contributed by atoms with Gasteiger partial charge in [-0.25, -0.2) is 9.83 Å². The maximum atomic E-state index is 7.83. The molecule has 194 valence electrons. The summed E-state index contributed by atoms with van der Waals surface area (Å²) >= 11 is 0. The van der Waals surface area contributed by atoms with E-state index in [0.717, 1.165) is 44.6 Å². The third-order valence-electron chi connectivity index (χ3n) is 6.66. The minimum absolute atomic E-state index is 0. The van der Waals surface area contributed by atoms with Crippen LogP contribution in [0.2, 0.25) is 0 Å². The fourth-order valence-corrected chi connectivity index (χ4v) is 4.72. The molecule has 6 aromatic rings. The molecule has 0 atom stereocenters. The average molecular weight is 691 g/mol. The fourth-order valence-electron chi connectivity index (χ4n) is 4.72.